The fourth-order valence-corrected chi connectivity index (χ4v) is 2.53. The molecule has 23 heavy (non-hydrogen) atoms. The first-order chi connectivity index (χ1) is 10.7. The van der Waals surface area contributed by atoms with Gasteiger partial charge in [0.1, 0.15) is 0 Å². The van der Waals surface area contributed by atoms with Gasteiger partial charge in [-0.2, -0.15) is 0 Å². The second kappa shape index (κ2) is 6.62. The highest BCUT2D eigenvalue weighted by atomic mass is 15.1. The quantitative estimate of drug-likeness (QED) is 0.631. The second-order valence-electron chi connectivity index (χ2n) is 7.68. The number of allylic oxidation sites excluding steroid dienone is 7. The van der Waals surface area contributed by atoms with Crippen LogP contribution in [0.1, 0.15) is 33.3 Å². The van der Waals surface area contributed by atoms with Crippen molar-refractivity contribution in [1.29, 1.82) is 0 Å². The Balaban J connectivity index is 2.25. The van der Waals surface area contributed by atoms with Crippen LogP contribution in [0.3, 0.4) is 0 Å². The molecule has 122 valence electrons. The number of rotatable bonds is 3. The average molecular weight is 307 g/mol. The predicted molar refractivity (Wildman–Crippen MR) is 104 cm³/mol. The first-order valence-electron chi connectivity index (χ1n) is 8.25. The summed E-state index contributed by atoms with van der Waals surface area (Å²) in [4.78, 5) is 2.12. The molecule has 1 aromatic rings. The molecule has 0 saturated carbocycles. The highest BCUT2D eigenvalue weighted by molar-refractivity contribution is 5.58. The third-order valence-corrected chi connectivity index (χ3v) is 4.34. The number of nitrogens with zero attached hydrogens (tertiary/aromatic N) is 1. The molecule has 0 heterocycles. The van der Waals surface area contributed by atoms with E-state index in [2.05, 4.69) is 113 Å². The van der Waals surface area contributed by atoms with Crippen LogP contribution >= 0.6 is 0 Å². The predicted octanol–water partition coefficient (Wildman–Crippen LogP) is 5.87. The van der Waals surface area contributed by atoms with Crippen molar-refractivity contribution in [1.82, 2.24) is 0 Å². The Bertz CT molecular complexity index is 650. The number of anilines is 1. The molecule has 1 aromatic carbocycles. The summed E-state index contributed by atoms with van der Waals surface area (Å²) in [6.45, 7) is 9.00. The standard InChI is InChI=1S/C22H29N/c1-21(2)15-7-8-19(22(3,4)17-16-21)12-9-18-10-13-20(14-11-18)23(5)6/h7-17H,1-6H3/b12-9+,15-7?,17-16?,19-8?. The summed E-state index contributed by atoms with van der Waals surface area (Å²) >= 11 is 0. The zero-order valence-electron chi connectivity index (χ0n) is 15.3. The smallest absolute Gasteiger partial charge is 0.0361 e. The van der Waals surface area contributed by atoms with Gasteiger partial charge in [0.15, 0.2) is 0 Å². The Labute approximate surface area is 141 Å². The van der Waals surface area contributed by atoms with E-state index >= 15 is 0 Å². The summed E-state index contributed by atoms with van der Waals surface area (Å²) in [6.07, 6.45) is 15.7. The van der Waals surface area contributed by atoms with Gasteiger partial charge in [-0.25, -0.2) is 0 Å². The topological polar surface area (TPSA) is 3.24 Å². The van der Waals surface area contributed by atoms with Crippen molar-refractivity contribution < 1.29 is 0 Å². The molecule has 0 aromatic heterocycles. The van der Waals surface area contributed by atoms with Crippen molar-refractivity contribution >= 4 is 11.8 Å². The van der Waals surface area contributed by atoms with Crippen LogP contribution in [0.25, 0.3) is 6.08 Å². The van der Waals surface area contributed by atoms with Gasteiger partial charge >= 0.3 is 0 Å². The normalized spacial score (nSPS) is 19.3. The molecule has 1 heteroatoms. The van der Waals surface area contributed by atoms with E-state index in [0.717, 1.165) is 0 Å². The van der Waals surface area contributed by atoms with Gasteiger partial charge in [-0.15, -0.1) is 0 Å². The summed E-state index contributed by atoms with van der Waals surface area (Å²) in [5.41, 5.74) is 3.91. The number of hydrogen-bond acceptors (Lipinski definition) is 1. The Morgan fingerprint density at radius 1 is 0.826 bits per heavy atom. The minimum atomic E-state index is 0.0299. The lowest BCUT2D eigenvalue weighted by atomic mass is 9.78. The van der Waals surface area contributed by atoms with Gasteiger partial charge in [-0.1, -0.05) is 82.4 Å². The molecule has 1 aliphatic carbocycles. The lowest BCUT2D eigenvalue weighted by molar-refractivity contribution is 0.559. The van der Waals surface area contributed by atoms with Gasteiger partial charge in [0.2, 0.25) is 0 Å². The van der Waals surface area contributed by atoms with Gasteiger partial charge in [-0.05, 0) is 23.3 Å². The van der Waals surface area contributed by atoms with E-state index in [4.69, 9.17) is 0 Å². The summed E-state index contributed by atoms with van der Waals surface area (Å²) < 4.78 is 0. The van der Waals surface area contributed by atoms with Crippen molar-refractivity contribution in [2.24, 2.45) is 10.8 Å². The van der Waals surface area contributed by atoms with E-state index in [1.165, 1.54) is 16.8 Å². The van der Waals surface area contributed by atoms with Gasteiger partial charge in [0, 0.05) is 30.6 Å². The summed E-state index contributed by atoms with van der Waals surface area (Å²) in [7, 11) is 4.12. The molecular weight excluding hydrogens is 278 g/mol. The van der Waals surface area contributed by atoms with Crippen LogP contribution in [-0.4, -0.2) is 14.1 Å². The van der Waals surface area contributed by atoms with Gasteiger partial charge in [0.25, 0.3) is 0 Å². The lowest BCUT2D eigenvalue weighted by Crippen LogP contribution is -2.14. The molecule has 0 amide bonds. The molecule has 0 atom stereocenters. The highest BCUT2D eigenvalue weighted by Crippen LogP contribution is 2.34. The molecule has 0 radical (unpaired) electrons. The van der Waals surface area contributed by atoms with E-state index in [-0.39, 0.29) is 10.8 Å². The van der Waals surface area contributed by atoms with Crippen LogP contribution in [0.15, 0.2) is 66.3 Å². The van der Waals surface area contributed by atoms with Gasteiger partial charge in [0.05, 0.1) is 0 Å². The van der Waals surface area contributed by atoms with Crippen molar-refractivity contribution in [2.75, 3.05) is 19.0 Å². The number of hydrogen-bond donors (Lipinski definition) is 0. The number of benzene rings is 1. The van der Waals surface area contributed by atoms with Crippen LogP contribution in [-0.2, 0) is 0 Å². The molecule has 1 aliphatic rings. The van der Waals surface area contributed by atoms with Crippen LogP contribution in [0.4, 0.5) is 5.69 Å². The van der Waals surface area contributed by atoms with Gasteiger partial charge in [-0.3, -0.25) is 0 Å². The fourth-order valence-electron chi connectivity index (χ4n) is 2.53. The molecule has 0 fully saturated rings. The van der Waals surface area contributed by atoms with E-state index in [0.29, 0.717) is 0 Å². The molecule has 2 rings (SSSR count). The molecule has 0 unspecified atom stereocenters. The molecule has 0 saturated heterocycles. The Morgan fingerprint density at radius 2 is 1.48 bits per heavy atom. The first kappa shape index (κ1) is 17.3. The Kier molecular flexibility index (Phi) is 4.99. The van der Waals surface area contributed by atoms with Crippen LogP contribution in [0.5, 0.6) is 0 Å². The molecule has 0 aliphatic heterocycles. The summed E-state index contributed by atoms with van der Waals surface area (Å²) in [6, 6.07) is 8.63. The minimum Gasteiger partial charge on any atom is -0.378 e. The second-order valence-corrected chi connectivity index (χ2v) is 7.68. The van der Waals surface area contributed by atoms with Crippen LogP contribution in [0.2, 0.25) is 0 Å². The maximum atomic E-state index is 2.32. The summed E-state index contributed by atoms with van der Waals surface area (Å²) in [5.74, 6) is 0. The van der Waals surface area contributed by atoms with Crippen molar-refractivity contribution in [2.45, 2.75) is 27.7 Å². The first-order valence-corrected chi connectivity index (χ1v) is 8.25. The third kappa shape index (κ3) is 4.72. The van der Waals surface area contributed by atoms with E-state index in [1.807, 2.05) is 0 Å². The summed E-state index contributed by atoms with van der Waals surface area (Å²) in [5, 5.41) is 0. The Hall–Kier alpha value is -2.02. The zero-order chi connectivity index (χ0) is 17.1. The zero-order valence-corrected chi connectivity index (χ0v) is 15.3. The van der Waals surface area contributed by atoms with E-state index in [1.54, 1.807) is 0 Å². The van der Waals surface area contributed by atoms with Gasteiger partial charge < -0.3 is 4.90 Å². The molecule has 1 nitrogen and oxygen atoms in total. The molecule has 0 bridgehead atoms. The Morgan fingerprint density at radius 3 is 2.09 bits per heavy atom. The highest BCUT2D eigenvalue weighted by Gasteiger charge is 2.21. The van der Waals surface area contributed by atoms with E-state index < -0.39 is 0 Å². The van der Waals surface area contributed by atoms with Crippen molar-refractivity contribution in [3.8, 4) is 0 Å². The minimum absolute atomic E-state index is 0.0299. The van der Waals surface area contributed by atoms with E-state index in [9.17, 15) is 0 Å². The average Bonchev–Trinajstić information content (AvgIpc) is 2.48. The maximum absolute atomic E-state index is 2.32. The van der Waals surface area contributed by atoms with Crippen molar-refractivity contribution in [3.63, 3.8) is 0 Å². The van der Waals surface area contributed by atoms with Crippen LogP contribution in [0, 0.1) is 10.8 Å². The fraction of sp³-hybridized carbons (Fsp3) is 0.364. The molecular formula is C22H29N. The lowest BCUT2D eigenvalue weighted by Gasteiger charge is -2.26. The monoisotopic (exact) mass is 307 g/mol. The molecule has 0 spiro atoms. The van der Waals surface area contributed by atoms with Crippen LogP contribution < -0.4 is 4.90 Å². The maximum Gasteiger partial charge on any atom is 0.0361 e. The largest absolute Gasteiger partial charge is 0.378 e. The molecule has 0 N–H and O–H groups in total. The SMILES string of the molecule is CN(C)c1ccc(/C=C/C2=CC=CC(C)(C)C=CC2(C)C)cc1. The third-order valence-electron chi connectivity index (χ3n) is 4.34. The van der Waals surface area contributed by atoms with Crippen molar-refractivity contribution in [3.05, 3.63) is 71.9 Å².